The van der Waals surface area contributed by atoms with Crippen LogP contribution in [0.1, 0.15) is 18.3 Å². The Kier molecular flexibility index (Phi) is 5.43. The van der Waals surface area contributed by atoms with E-state index in [4.69, 9.17) is 4.74 Å². The van der Waals surface area contributed by atoms with Gasteiger partial charge in [0.05, 0.1) is 23.7 Å². The topological polar surface area (TPSA) is 76.7 Å². The fourth-order valence-electron chi connectivity index (χ4n) is 2.44. The van der Waals surface area contributed by atoms with Crippen molar-refractivity contribution in [1.82, 2.24) is 9.66 Å². The number of phenolic OH excluding ortho intramolecular Hbond substituents is 1. The Hall–Kier alpha value is -2.19. The van der Waals surface area contributed by atoms with E-state index in [0.717, 1.165) is 4.47 Å². The average molecular weight is 481 g/mol. The third-order valence-electron chi connectivity index (χ3n) is 3.66. The number of aryl methyl sites for hydroxylation is 1. The maximum atomic E-state index is 12.7. The third-order valence-corrected chi connectivity index (χ3v) is 4.84. The lowest BCUT2D eigenvalue weighted by molar-refractivity contribution is 0.318. The summed E-state index contributed by atoms with van der Waals surface area (Å²) in [5.74, 6) is 0.851. The normalized spacial score (nSPS) is 11.4. The first-order valence-electron chi connectivity index (χ1n) is 7.79. The van der Waals surface area contributed by atoms with E-state index in [9.17, 15) is 9.90 Å². The molecular weight excluding hydrogens is 466 g/mol. The van der Waals surface area contributed by atoms with Gasteiger partial charge in [0.1, 0.15) is 5.82 Å². The number of hydrogen-bond donors (Lipinski definition) is 1. The van der Waals surface area contributed by atoms with Gasteiger partial charge < -0.3 is 9.84 Å². The highest BCUT2D eigenvalue weighted by Gasteiger charge is 2.10. The largest absolute Gasteiger partial charge is 0.504 e. The number of hydrogen-bond acceptors (Lipinski definition) is 5. The zero-order chi connectivity index (χ0) is 18.8. The smallest absolute Gasteiger partial charge is 0.282 e. The summed E-state index contributed by atoms with van der Waals surface area (Å²) in [7, 11) is 0. The lowest BCUT2D eigenvalue weighted by Crippen LogP contribution is -2.20. The Morgan fingerprint density at radius 3 is 2.81 bits per heavy atom. The van der Waals surface area contributed by atoms with Gasteiger partial charge in [-0.25, -0.2) is 4.98 Å². The Morgan fingerprint density at radius 2 is 2.08 bits per heavy atom. The molecule has 0 radical (unpaired) electrons. The van der Waals surface area contributed by atoms with Gasteiger partial charge in [-0.05, 0) is 60.1 Å². The van der Waals surface area contributed by atoms with Crippen LogP contribution in [0.3, 0.4) is 0 Å². The number of rotatable bonds is 4. The molecule has 0 aliphatic carbocycles. The molecule has 26 heavy (non-hydrogen) atoms. The van der Waals surface area contributed by atoms with Gasteiger partial charge >= 0.3 is 0 Å². The van der Waals surface area contributed by atoms with Crippen molar-refractivity contribution in [2.75, 3.05) is 6.61 Å². The molecule has 134 valence electrons. The van der Waals surface area contributed by atoms with Gasteiger partial charge in [-0.1, -0.05) is 15.9 Å². The maximum absolute atomic E-state index is 12.7. The highest BCUT2D eigenvalue weighted by molar-refractivity contribution is 9.10. The lowest BCUT2D eigenvalue weighted by atomic mass is 10.2. The minimum Gasteiger partial charge on any atom is -0.504 e. The molecule has 3 aromatic rings. The van der Waals surface area contributed by atoms with E-state index >= 15 is 0 Å². The monoisotopic (exact) mass is 479 g/mol. The van der Waals surface area contributed by atoms with Crippen molar-refractivity contribution >= 4 is 49.0 Å². The summed E-state index contributed by atoms with van der Waals surface area (Å²) in [6.07, 6.45) is 1.52. The van der Waals surface area contributed by atoms with Crippen molar-refractivity contribution in [2.24, 2.45) is 5.10 Å². The molecule has 3 rings (SSSR count). The van der Waals surface area contributed by atoms with Crippen LogP contribution in [0.25, 0.3) is 10.9 Å². The summed E-state index contributed by atoms with van der Waals surface area (Å²) in [6, 6.07) is 8.52. The molecule has 0 aliphatic heterocycles. The van der Waals surface area contributed by atoms with E-state index in [-0.39, 0.29) is 11.3 Å². The minimum atomic E-state index is -0.259. The summed E-state index contributed by atoms with van der Waals surface area (Å²) >= 11 is 6.74. The van der Waals surface area contributed by atoms with Crippen LogP contribution in [0, 0.1) is 6.92 Å². The van der Waals surface area contributed by atoms with E-state index in [1.165, 1.54) is 17.0 Å². The molecule has 6 nitrogen and oxygen atoms in total. The van der Waals surface area contributed by atoms with Gasteiger partial charge in [-0.15, -0.1) is 0 Å². The predicted octanol–water partition coefficient (Wildman–Crippen LogP) is 4.22. The predicted molar refractivity (Wildman–Crippen MR) is 108 cm³/mol. The molecule has 0 spiro atoms. The molecule has 0 saturated carbocycles. The van der Waals surface area contributed by atoms with Crippen LogP contribution >= 0.6 is 31.9 Å². The summed E-state index contributed by atoms with van der Waals surface area (Å²) in [4.78, 5) is 17.2. The minimum absolute atomic E-state index is 0.0291. The van der Waals surface area contributed by atoms with Gasteiger partial charge in [0.2, 0.25) is 0 Å². The summed E-state index contributed by atoms with van der Waals surface area (Å²) < 4.78 is 8.05. The van der Waals surface area contributed by atoms with Crippen molar-refractivity contribution in [3.05, 3.63) is 61.0 Å². The van der Waals surface area contributed by atoms with E-state index in [1.54, 1.807) is 25.1 Å². The van der Waals surface area contributed by atoms with Crippen molar-refractivity contribution < 1.29 is 9.84 Å². The third kappa shape index (κ3) is 3.66. The van der Waals surface area contributed by atoms with Crippen molar-refractivity contribution in [3.8, 4) is 11.5 Å². The fraction of sp³-hybridized carbons (Fsp3) is 0.167. The molecule has 0 unspecified atom stereocenters. The van der Waals surface area contributed by atoms with Crippen LogP contribution < -0.4 is 10.3 Å². The molecule has 1 N–H and O–H groups in total. The number of aromatic nitrogens is 2. The second-order valence-corrected chi connectivity index (χ2v) is 7.23. The van der Waals surface area contributed by atoms with Crippen molar-refractivity contribution in [3.63, 3.8) is 0 Å². The van der Waals surface area contributed by atoms with E-state index in [2.05, 4.69) is 41.9 Å². The molecule has 0 saturated heterocycles. The lowest BCUT2D eigenvalue weighted by Gasteiger charge is -2.09. The molecule has 1 heterocycles. The Bertz CT molecular complexity index is 1080. The number of phenols is 1. The Balaban J connectivity index is 2.09. The molecule has 2 aromatic carbocycles. The first-order valence-corrected chi connectivity index (χ1v) is 9.38. The average Bonchev–Trinajstić information content (AvgIpc) is 2.59. The SMILES string of the molecule is CCOc1cc(C=Nn2c(C)nc3ccc(Br)cc3c2=O)c(Br)cc1O. The number of benzene rings is 2. The van der Waals surface area contributed by atoms with Gasteiger partial charge in [0.25, 0.3) is 5.56 Å². The molecule has 8 heteroatoms. The van der Waals surface area contributed by atoms with E-state index in [1.807, 2.05) is 13.0 Å². The Morgan fingerprint density at radius 1 is 1.31 bits per heavy atom. The summed E-state index contributed by atoms with van der Waals surface area (Å²) in [5.41, 5.74) is 1.02. The molecule has 0 fully saturated rings. The van der Waals surface area contributed by atoms with E-state index in [0.29, 0.717) is 39.1 Å². The number of fused-ring (bicyclic) bond motifs is 1. The Labute approximate surface area is 166 Å². The first kappa shape index (κ1) is 18.6. The van der Waals surface area contributed by atoms with Crippen LogP contribution in [-0.4, -0.2) is 27.6 Å². The van der Waals surface area contributed by atoms with Gasteiger partial charge in [-0.3, -0.25) is 4.79 Å². The zero-order valence-corrected chi connectivity index (χ0v) is 17.2. The van der Waals surface area contributed by atoms with Gasteiger partial charge in [0, 0.05) is 14.5 Å². The number of aromatic hydroxyl groups is 1. The molecule has 1 aromatic heterocycles. The van der Waals surface area contributed by atoms with Gasteiger partial charge in [-0.2, -0.15) is 9.78 Å². The molecular formula is C18H15Br2N3O3. The number of nitrogens with zero attached hydrogens (tertiary/aromatic N) is 3. The number of halogens is 2. The van der Waals surface area contributed by atoms with Gasteiger partial charge in [0.15, 0.2) is 11.5 Å². The molecule has 0 atom stereocenters. The van der Waals surface area contributed by atoms with E-state index < -0.39 is 0 Å². The van der Waals surface area contributed by atoms with Crippen molar-refractivity contribution in [1.29, 1.82) is 0 Å². The van der Waals surface area contributed by atoms with Crippen LogP contribution in [0.4, 0.5) is 0 Å². The van der Waals surface area contributed by atoms with Crippen LogP contribution in [-0.2, 0) is 0 Å². The van der Waals surface area contributed by atoms with Crippen LogP contribution in [0.15, 0.2) is 49.2 Å². The first-order chi connectivity index (χ1) is 12.4. The van der Waals surface area contributed by atoms with Crippen LogP contribution in [0.2, 0.25) is 0 Å². The second kappa shape index (κ2) is 7.59. The summed E-state index contributed by atoms with van der Waals surface area (Å²) in [5, 5.41) is 14.7. The second-order valence-electron chi connectivity index (χ2n) is 5.46. The highest BCUT2D eigenvalue weighted by Crippen LogP contribution is 2.31. The quantitative estimate of drug-likeness (QED) is 0.567. The maximum Gasteiger partial charge on any atom is 0.282 e. The zero-order valence-electron chi connectivity index (χ0n) is 14.0. The van der Waals surface area contributed by atoms with Crippen molar-refractivity contribution in [2.45, 2.75) is 13.8 Å². The fourth-order valence-corrected chi connectivity index (χ4v) is 3.24. The standard InChI is InChI=1S/C18H15Br2N3O3/c1-3-26-17-6-11(14(20)8-16(17)24)9-21-23-10(2)22-15-5-4-12(19)7-13(15)18(23)25/h4-9,24H,3H2,1-2H3. The molecule has 0 aliphatic rings. The molecule has 0 bridgehead atoms. The number of ether oxygens (including phenoxy) is 1. The molecule has 0 amide bonds. The highest BCUT2D eigenvalue weighted by atomic mass is 79.9. The van der Waals surface area contributed by atoms with Crippen LogP contribution in [0.5, 0.6) is 11.5 Å². The summed E-state index contributed by atoms with van der Waals surface area (Å²) in [6.45, 7) is 3.97.